The Kier molecular flexibility index (Phi) is 1.95. The van der Waals surface area contributed by atoms with Gasteiger partial charge in [-0.3, -0.25) is 0 Å². The standard InChI is InChI=1S/C11H22N/c1-4-12(3)10-5-6-11(12)8-9(2)7-10/h9-11H,4-8H2,1-3H3/q+1. The topological polar surface area (TPSA) is 0 Å². The van der Waals surface area contributed by atoms with E-state index in [4.69, 9.17) is 0 Å². The smallest absolute Gasteiger partial charge is 0.0895 e. The maximum atomic E-state index is 2.48. The van der Waals surface area contributed by atoms with Crippen LogP contribution in [-0.2, 0) is 0 Å². The molecule has 2 unspecified atom stereocenters. The Morgan fingerprint density at radius 1 is 1.17 bits per heavy atom. The zero-order chi connectivity index (χ0) is 8.77. The van der Waals surface area contributed by atoms with E-state index >= 15 is 0 Å². The normalized spacial score (nSPS) is 52.8. The molecule has 2 aliphatic heterocycles. The average molecular weight is 168 g/mol. The number of fused-ring (bicyclic) bond motifs is 2. The first-order chi connectivity index (χ1) is 5.66. The van der Waals surface area contributed by atoms with E-state index in [9.17, 15) is 0 Å². The molecule has 12 heavy (non-hydrogen) atoms. The molecule has 1 nitrogen and oxygen atoms in total. The van der Waals surface area contributed by atoms with Crippen LogP contribution in [0.1, 0.15) is 39.5 Å². The number of nitrogens with zero attached hydrogens (tertiary/aromatic N) is 1. The van der Waals surface area contributed by atoms with Crippen molar-refractivity contribution >= 4 is 0 Å². The monoisotopic (exact) mass is 168 g/mol. The van der Waals surface area contributed by atoms with Crippen molar-refractivity contribution in [3.63, 3.8) is 0 Å². The van der Waals surface area contributed by atoms with Crippen molar-refractivity contribution in [2.24, 2.45) is 5.92 Å². The third-order valence-electron chi connectivity index (χ3n) is 4.53. The van der Waals surface area contributed by atoms with Crippen LogP contribution in [0.25, 0.3) is 0 Å². The highest BCUT2D eigenvalue weighted by molar-refractivity contribution is 4.83. The maximum Gasteiger partial charge on any atom is 0.0895 e. The Hall–Kier alpha value is -0.0400. The van der Waals surface area contributed by atoms with Crippen LogP contribution in [-0.4, -0.2) is 30.2 Å². The highest BCUT2D eigenvalue weighted by Crippen LogP contribution is 2.42. The van der Waals surface area contributed by atoms with Crippen molar-refractivity contribution in [1.29, 1.82) is 0 Å². The lowest BCUT2D eigenvalue weighted by Crippen LogP contribution is -2.56. The van der Waals surface area contributed by atoms with E-state index in [1.807, 2.05) is 0 Å². The first-order valence-electron chi connectivity index (χ1n) is 5.51. The summed E-state index contributed by atoms with van der Waals surface area (Å²) in [5.74, 6) is 1.00. The number of hydrogen-bond donors (Lipinski definition) is 0. The van der Waals surface area contributed by atoms with Crippen LogP contribution in [0.4, 0.5) is 0 Å². The lowest BCUT2D eigenvalue weighted by atomic mass is 9.90. The van der Waals surface area contributed by atoms with Gasteiger partial charge in [-0.25, -0.2) is 0 Å². The van der Waals surface area contributed by atoms with Crippen molar-refractivity contribution in [1.82, 2.24) is 0 Å². The van der Waals surface area contributed by atoms with Crippen LogP contribution in [0.15, 0.2) is 0 Å². The lowest BCUT2D eigenvalue weighted by molar-refractivity contribution is -0.947. The molecule has 2 aliphatic rings. The van der Waals surface area contributed by atoms with Gasteiger partial charge in [0.05, 0.1) is 25.7 Å². The molecule has 0 aliphatic carbocycles. The second-order valence-corrected chi connectivity index (χ2v) is 5.12. The van der Waals surface area contributed by atoms with Crippen LogP contribution in [0.3, 0.4) is 0 Å². The molecule has 1 heteroatoms. The number of rotatable bonds is 1. The molecule has 0 spiro atoms. The minimum Gasteiger partial charge on any atom is -0.321 e. The summed E-state index contributed by atoms with van der Waals surface area (Å²) in [6.07, 6.45) is 5.97. The second kappa shape index (κ2) is 2.73. The van der Waals surface area contributed by atoms with Crippen LogP contribution >= 0.6 is 0 Å². The van der Waals surface area contributed by atoms with E-state index in [-0.39, 0.29) is 0 Å². The van der Waals surface area contributed by atoms with E-state index in [0.29, 0.717) is 0 Å². The summed E-state index contributed by atoms with van der Waals surface area (Å²) in [5, 5.41) is 0. The van der Waals surface area contributed by atoms with Crippen molar-refractivity contribution in [2.75, 3.05) is 13.6 Å². The number of piperidine rings is 1. The molecule has 0 radical (unpaired) electrons. The molecular formula is C11H22N+. The zero-order valence-electron chi connectivity index (χ0n) is 8.71. The van der Waals surface area contributed by atoms with Gasteiger partial charge in [0.25, 0.3) is 0 Å². The summed E-state index contributed by atoms with van der Waals surface area (Å²) in [4.78, 5) is 0. The summed E-state index contributed by atoms with van der Waals surface area (Å²) in [5.41, 5.74) is 0. The first-order valence-corrected chi connectivity index (χ1v) is 5.51. The summed E-state index contributed by atoms with van der Waals surface area (Å²) < 4.78 is 1.39. The molecule has 70 valence electrons. The Morgan fingerprint density at radius 2 is 1.67 bits per heavy atom. The quantitative estimate of drug-likeness (QED) is 0.527. The van der Waals surface area contributed by atoms with E-state index in [1.165, 1.54) is 36.7 Å². The van der Waals surface area contributed by atoms with Crippen LogP contribution in [0, 0.1) is 5.92 Å². The fourth-order valence-corrected chi connectivity index (χ4v) is 3.53. The third-order valence-corrected chi connectivity index (χ3v) is 4.53. The molecular weight excluding hydrogens is 146 g/mol. The molecule has 2 heterocycles. The number of quaternary nitrogens is 1. The Morgan fingerprint density at radius 3 is 2.08 bits per heavy atom. The third kappa shape index (κ3) is 1.02. The van der Waals surface area contributed by atoms with Gasteiger partial charge >= 0.3 is 0 Å². The number of hydrogen-bond acceptors (Lipinski definition) is 0. The molecule has 0 aromatic heterocycles. The van der Waals surface area contributed by atoms with Gasteiger partial charge in [-0.1, -0.05) is 6.92 Å². The average Bonchev–Trinajstić information content (AvgIpc) is 2.24. The van der Waals surface area contributed by atoms with Gasteiger partial charge in [0, 0.05) is 25.7 Å². The summed E-state index contributed by atoms with van der Waals surface area (Å²) in [6, 6.07) is 2.01. The fourth-order valence-electron chi connectivity index (χ4n) is 3.53. The van der Waals surface area contributed by atoms with E-state index in [0.717, 1.165) is 18.0 Å². The largest absolute Gasteiger partial charge is 0.321 e. The summed E-state index contributed by atoms with van der Waals surface area (Å²) >= 11 is 0. The molecule has 2 fully saturated rings. The molecule has 0 N–H and O–H groups in total. The van der Waals surface area contributed by atoms with E-state index < -0.39 is 0 Å². The molecule has 2 rings (SSSR count). The van der Waals surface area contributed by atoms with Crippen molar-refractivity contribution < 1.29 is 4.48 Å². The molecule has 0 saturated carbocycles. The Bertz CT molecular complexity index is 162. The van der Waals surface area contributed by atoms with Crippen LogP contribution in [0.2, 0.25) is 0 Å². The van der Waals surface area contributed by atoms with Crippen molar-refractivity contribution in [2.45, 2.75) is 51.6 Å². The Balaban J connectivity index is 2.19. The molecule has 2 saturated heterocycles. The molecule has 0 aromatic carbocycles. The minimum atomic E-state index is 1.00. The summed E-state index contributed by atoms with van der Waals surface area (Å²) in [7, 11) is 2.48. The Labute approximate surface area is 76.3 Å². The van der Waals surface area contributed by atoms with Gasteiger partial charge in [-0.05, 0) is 12.8 Å². The van der Waals surface area contributed by atoms with Crippen LogP contribution in [0.5, 0.6) is 0 Å². The van der Waals surface area contributed by atoms with E-state index in [1.54, 1.807) is 0 Å². The predicted octanol–water partition coefficient (Wildman–Crippen LogP) is 2.41. The van der Waals surface area contributed by atoms with Gasteiger partial charge in [0.15, 0.2) is 0 Å². The first kappa shape index (κ1) is 8.55. The van der Waals surface area contributed by atoms with Gasteiger partial charge in [0.1, 0.15) is 0 Å². The molecule has 0 amide bonds. The van der Waals surface area contributed by atoms with E-state index in [2.05, 4.69) is 20.9 Å². The van der Waals surface area contributed by atoms with Gasteiger partial charge in [-0.15, -0.1) is 0 Å². The fraction of sp³-hybridized carbons (Fsp3) is 1.00. The highest BCUT2D eigenvalue weighted by Gasteiger charge is 2.49. The molecule has 2 atom stereocenters. The molecule has 0 aromatic rings. The van der Waals surface area contributed by atoms with Gasteiger partial charge in [0.2, 0.25) is 0 Å². The predicted molar refractivity (Wildman–Crippen MR) is 51.9 cm³/mol. The highest BCUT2D eigenvalue weighted by atomic mass is 15.4. The molecule has 2 bridgehead atoms. The SMILES string of the molecule is CC[N+]1(C)C2CCC1CC(C)C2. The minimum absolute atomic E-state index is 1.00. The van der Waals surface area contributed by atoms with Crippen molar-refractivity contribution in [3.8, 4) is 0 Å². The van der Waals surface area contributed by atoms with Crippen LogP contribution < -0.4 is 0 Å². The second-order valence-electron chi connectivity index (χ2n) is 5.12. The van der Waals surface area contributed by atoms with Gasteiger partial charge in [-0.2, -0.15) is 0 Å². The van der Waals surface area contributed by atoms with Gasteiger partial charge < -0.3 is 4.48 Å². The van der Waals surface area contributed by atoms with Crippen molar-refractivity contribution in [3.05, 3.63) is 0 Å². The lowest BCUT2D eigenvalue weighted by Gasteiger charge is -2.46. The maximum absolute atomic E-state index is 2.48. The zero-order valence-corrected chi connectivity index (χ0v) is 8.71. The summed E-state index contributed by atoms with van der Waals surface area (Å²) in [6.45, 7) is 6.15.